The largest absolute Gasteiger partial charge is 0.294 e. The van der Waals surface area contributed by atoms with Crippen molar-refractivity contribution in [3.63, 3.8) is 0 Å². The number of thiophene rings is 1. The van der Waals surface area contributed by atoms with E-state index in [0.29, 0.717) is 10.9 Å². The molecular formula is C10H7FOS. The van der Waals surface area contributed by atoms with Gasteiger partial charge >= 0.3 is 0 Å². The van der Waals surface area contributed by atoms with Crippen molar-refractivity contribution in [3.05, 3.63) is 35.0 Å². The first-order valence-corrected chi connectivity index (χ1v) is 4.75. The summed E-state index contributed by atoms with van der Waals surface area (Å²) in [7, 11) is 0. The van der Waals surface area contributed by atoms with E-state index in [0.717, 1.165) is 4.70 Å². The summed E-state index contributed by atoms with van der Waals surface area (Å²) in [4.78, 5) is 11.1. The van der Waals surface area contributed by atoms with Crippen LogP contribution in [0.25, 0.3) is 10.1 Å². The number of benzene rings is 1. The summed E-state index contributed by atoms with van der Waals surface area (Å²) in [5.74, 6) is -0.402. The van der Waals surface area contributed by atoms with Crippen molar-refractivity contribution in [3.8, 4) is 0 Å². The molecule has 0 amide bonds. The summed E-state index contributed by atoms with van der Waals surface area (Å²) in [5.41, 5.74) is 0.484. The average molecular weight is 194 g/mol. The van der Waals surface area contributed by atoms with E-state index < -0.39 is 0 Å². The van der Waals surface area contributed by atoms with Gasteiger partial charge in [0.1, 0.15) is 5.82 Å². The Hall–Kier alpha value is -1.22. The first-order chi connectivity index (χ1) is 6.20. The molecule has 0 aliphatic rings. The molecule has 1 aromatic carbocycles. The molecule has 66 valence electrons. The van der Waals surface area contributed by atoms with E-state index in [4.69, 9.17) is 0 Å². The Bertz CT molecular complexity index is 473. The molecule has 0 aliphatic heterocycles. The molecule has 0 unspecified atom stereocenters. The highest BCUT2D eigenvalue weighted by atomic mass is 32.1. The molecular weight excluding hydrogens is 187 g/mol. The lowest BCUT2D eigenvalue weighted by Crippen LogP contribution is -1.90. The SMILES string of the molecule is CC(=O)c1csc2cccc(F)c12. The Balaban J connectivity index is 2.86. The molecule has 2 rings (SSSR count). The Morgan fingerprint density at radius 3 is 2.92 bits per heavy atom. The molecule has 0 fully saturated rings. The summed E-state index contributed by atoms with van der Waals surface area (Å²) >= 11 is 1.40. The Labute approximate surface area is 78.8 Å². The molecule has 1 heterocycles. The molecule has 0 spiro atoms. The predicted octanol–water partition coefficient (Wildman–Crippen LogP) is 3.24. The maximum atomic E-state index is 13.3. The monoisotopic (exact) mass is 194 g/mol. The van der Waals surface area contributed by atoms with Gasteiger partial charge in [-0.2, -0.15) is 0 Å². The van der Waals surface area contributed by atoms with E-state index in [1.807, 2.05) is 6.07 Å². The second-order valence-corrected chi connectivity index (χ2v) is 3.73. The molecule has 0 atom stereocenters. The second kappa shape index (κ2) is 2.92. The van der Waals surface area contributed by atoms with Gasteiger partial charge in [-0.15, -0.1) is 11.3 Å². The van der Waals surface area contributed by atoms with Crippen molar-refractivity contribution < 1.29 is 9.18 Å². The number of ketones is 1. The van der Waals surface area contributed by atoms with Gasteiger partial charge in [0.25, 0.3) is 0 Å². The highest BCUT2D eigenvalue weighted by Crippen LogP contribution is 2.28. The number of carbonyl (C=O) groups is 1. The lowest BCUT2D eigenvalue weighted by molar-refractivity contribution is 0.101. The normalized spacial score (nSPS) is 10.6. The molecule has 3 heteroatoms. The van der Waals surface area contributed by atoms with Gasteiger partial charge in [0.05, 0.1) is 0 Å². The highest BCUT2D eigenvalue weighted by molar-refractivity contribution is 7.17. The Morgan fingerprint density at radius 2 is 2.23 bits per heavy atom. The summed E-state index contributed by atoms with van der Waals surface area (Å²) in [6, 6.07) is 4.84. The first-order valence-electron chi connectivity index (χ1n) is 3.87. The third-order valence-corrected chi connectivity index (χ3v) is 2.88. The van der Waals surface area contributed by atoms with Crippen LogP contribution in [0.5, 0.6) is 0 Å². The Morgan fingerprint density at radius 1 is 1.46 bits per heavy atom. The number of hydrogen-bond donors (Lipinski definition) is 0. The first kappa shape index (κ1) is 8.38. The lowest BCUT2D eigenvalue weighted by atomic mass is 10.1. The van der Waals surface area contributed by atoms with Crippen LogP contribution in [-0.4, -0.2) is 5.78 Å². The van der Waals surface area contributed by atoms with Gasteiger partial charge in [0.2, 0.25) is 0 Å². The van der Waals surface area contributed by atoms with E-state index in [1.165, 1.54) is 24.3 Å². The number of rotatable bonds is 1. The number of fused-ring (bicyclic) bond motifs is 1. The lowest BCUT2D eigenvalue weighted by Gasteiger charge is -1.94. The fraction of sp³-hybridized carbons (Fsp3) is 0.100. The van der Waals surface area contributed by atoms with Gasteiger partial charge in [-0.3, -0.25) is 4.79 Å². The van der Waals surface area contributed by atoms with Crippen LogP contribution < -0.4 is 0 Å². The van der Waals surface area contributed by atoms with E-state index in [1.54, 1.807) is 11.4 Å². The second-order valence-electron chi connectivity index (χ2n) is 2.82. The van der Waals surface area contributed by atoms with Crippen molar-refractivity contribution >= 4 is 27.2 Å². The third-order valence-electron chi connectivity index (χ3n) is 1.93. The van der Waals surface area contributed by atoms with E-state index in [9.17, 15) is 9.18 Å². The van der Waals surface area contributed by atoms with Crippen LogP contribution in [0.3, 0.4) is 0 Å². The fourth-order valence-corrected chi connectivity index (χ4v) is 2.32. The van der Waals surface area contributed by atoms with Crippen LogP contribution in [0.4, 0.5) is 4.39 Å². The van der Waals surface area contributed by atoms with Crippen molar-refractivity contribution in [1.29, 1.82) is 0 Å². The Kier molecular flexibility index (Phi) is 1.88. The standard InChI is InChI=1S/C10H7FOS/c1-6(12)7-5-13-9-4-2-3-8(11)10(7)9/h2-5H,1H3. The predicted molar refractivity (Wildman–Crippen MR) is 51.8 cm³/mol. The number of halogens is 1. The minimum absolute atomic E-state index is 0.0867. The van der Waals surface area contributed by atoms with Gasteiger partial charge in [-0.05, 0) is 19.1 Å². The number of hydrogen-bond acceptors (Lipinski definition) is 2. The van der Waals surface area contributed by atoms with Crippen LogP contribution in [0.2, 0.25) is 0 Å². The molecule has 13 heavy (non-hydrogen) atoms. The van der Waals surface area contributed by atoms with Crippen molar-refractivity contribution in [2.75, 3.05) is 0 Å². The molecule has 0 N–H and O–H groups in total. The van der Waals surface area contributed by atoms with Crippen molar-refractivity contribution in [2.24, 2.45) is 0 Å². The van der Waals surface area contributed by atoms with Gasteiger partial charge in [0, 0.05) is 21.0 Å². The van der Waals surface area contributed by atoms with Crippen LogP contribution in [0, 0.1) is 5.82 Å². The zero-order valence-electron chi connectivity index (χ0n) is 7.00. The van der Waals surface area contributed by atoms with E-state index in [-0.39, 0.29) is 11.6 Å². The van der Waals surface area contributed by atoms with Crippen LogP contribution in [-0.2, 0) is 0 Å². The minimum Gasteiger partial charge on any atom is -0.294 e. The molecule has 0 radical (unpaired) electrons. The summed E-state index contributed by atoms with van der Waals surface area (Å²) in [6.45, 7) is 1.45. The number of Topliss-reactive ketones (excluding diaryl/α,β-unsaturated/α-hetero) is 1. The van der Waals surface area contributed by atoms with Crippen LogP contribution in [0.1, 0.15) is 17.3 Å². The topological polar surface area (TPSA) is 17.1 Å². The molecule has 1 nitrogen and oxygen atoms in total. The molecule has 0 saturated carbocycles. The molecule has 0 bridgehead atoms. The maximum Gasteiger partial charge on any atom is 0.161 e. The van der Waals surface area contributed by atoms with Crippen LogP contribution >= 0.6 is 11.3 Å². The zero-order chi connectivity index (χ0) is 9.42. The van der Waals surface area contributed by atoms with Crippen LogP contribution in [0.15, 0.2) is 23.6 Å². The smallest absolute Gasteiger partial charge is 0.161 e. The van der Waals surface area contributed by atoms with E-state index in [2.05, 4.69) is 0 Å². The van der Waals surface area contributed by atoms with Gasteiger partial charge in [-0.25, -0.2) is 4.39 Å². The number of carbonyl (C=O) groups excluding carboxylic acids is 1. The quantitative estimate of drug-likeness (QED) is 0.637. The minimum atomic E-state index is -0.316. The van der Waals surface area contributed by atoms with E-state index >= 15 is 0 Å². The molecule has 1 aromatic heterocycles. The summed E-state index contributed by atoms with van der Waals surface area (Å²) in [6.07, 6.45) is 0. The third kappa shape index (κ3) is 1.25. The zero-order valence-corrected chi connectivity index (χ0v) is 7.82. The van der Waals surface area contributed by atoms with Gasteiger partial charge in [-0.1, -0.05) is 6.07 Å². The fourth-order valence-electron chi connectivity index (χ4n) is 1.30. The average Bonchev–Trinajstić information content (AvgIpc) is 2.49. The van der Waals surface area contributed by atoms with Gasteiger partial charge < -0.3 is 0 Å². The highest BCUT2D eigenvalue weighted by Gasteiger charge is 2.11. The summed E-state index contributed by atoms with van der Waals surface area (Å²) < 4.78 is 14.1. The van der Waals surface area contributed by atoms with Crippen molar-refractivity contribution in [1.82, 2.24) is 0 Å². The summed E-state index contributed by atoms with van der Waals surface area (Å²) in [5, 5.41) is 2.16. The maximum absolute atomic E-state index is 13.3. The molecule has 2 aromatic rings. The van der Waals surface area contributed by atoms with Gasteiger partial charge in [0.15, 0.2) is 5.78 Å². The molecule has 0 saturated heterocycles. The molecule has 0 aliphatic carbocycles. The van der Waals surface area contributed by atoms with Crippen molar-refractivity contribution in [2.45, 2.75) is 6.92 Å².